The Hall–Kier alpha value is -2.34. The van der Waals surface area contributed by atoms with E-state index < -0.39 is 0 Å². The molecule has 1 heterocycles. The van der Waals surface area contributed by atoms with E-state index in [1.54, 1.807) is 37.3 Å². The minimum Gasteiger partial charge on any atom is -0.489 e. The highest BCUT2D eigenvalue weighted by atomic mass is 35.5. The van der Waals surface area contributed by atoms with Crippen LogP contribution in [-0.4, -0.2) is 28.3 Å². The van der Waals surface area contributed by atoms with Crippen LogP contribution in [0, 0.1) is 6.92 Å². The fourth-order valence-corrected chi connectivity index (χ4v) is 2.03. The van der Waals surface area contributed by atoms with E-state index in [4.69, 9.17) is 16.3 Å². The molecule has 1 N–H and O–H groups in total. The number of hydrogen-bond acceptors (Lipinski definition) is 4. The first-order valence-electron chi connectivity index (χ1n) is 7.18. The molecule has 1 unspecified atom stereocenters. The molecule has 0 aliphatic rings. The molecule has 23 heavy (non-hydrogen) atoms. The predicted molar refractivity (Wildman–Crippen MR) is 87.8 cm³/mol. The molecule has 6 nitrogen and oxygen atoms in total. The molecule has 7 heteroatoms. The number of nitrogens with one attached hydrogen (secondary N) is 1. The second-order valence-electron chi connectivity index (χ2n) is 5.16. The van der Waals surface area contributed by atoms with E-state index in [-0.39, 0.29) is 24.1 Å². The molecular weight excluding hydrogens is 318 g/mol. The van der Waals surface area contributed by atoms with Crippen LogP contribution in [0.4, 0.5) is 0 Å². The average molecular weight is 336 g/mol. The summed E-state index contributed by atoms with van der Waals surface area (Å²) in [4.78, 5) is 23.5. The molecule has 122 valence electrons. The molecule has 0 saturated carbocycles. The lowest BCUT2D eigenvalue weighted by atomic mass is 10.3. The van der Waals surface area contributed by atoms with Crippen molar-refractivity contribution >= 4 is 17.5 Å². The summed E-state index contributed by atoms with van der Waals surface area (Å²) in [6.07, 6.45) is -0.220. The van der Waals surface area contributed by atoms with Gasteiger partial charge in [-0.05, 0) is 44.2 Å². The summed E-state index contributed by atoms with van der Waals surface area (Å²) in [6.45, 7) is 3.80. The third-order valence-electron chi connectivity index (χ3n) is 3.03. The maximum atomic E-state index is 11.9. The van der Waals surface area contributed by atoms with Gasteiger partial charge in [-0.15, -0.1) is 0 Å². The van der Waals surface area contributed by atoms with Gasteiger partial charge in [-0.25, -0.2) is 4.68 Å². The second kappa shape index (κ2) is 7.78. The van der Waals surface area contributed by atoms with Gasteiger partial charge in [0.25, 0.3) is 5.56 Å². The molecule has 0 radical (unpaired) electrons. The minimum atomic E-state index is -0.309. The molecule has 1 aromatic carbocycles. The topological polar surface area (TPSA) is 73.2 Å². The molecular formula is C16H18ClN3O3. The van der Waals surface area contributed by atoms with Crippen molar-refractivity contribution in [2.24, 2.45) is 0 Å². The highest BCUT2D eigenvalue weighted by molar-refractivity contribution is 6.30. The first kappa shape index (κ1) is 17.0. The number of aryl methyl sites for hydroxylation is 1. The average Bonchev–Trinajstić information content (AvgIpc) is 2.51. The van der Waals surface area contributed by atoms with Crippen LogP contribution in [0.2, 0.25) is 5.02 Å². The van der Waals surface area contributed by atoms with Gasteiger partial charge in [0.05, 0.1) is 12.2 Å². The number of nitrogens with zero attached hydrogens (tertiary/aromatic N) is 2. The Morgan fingerprint density at radius 1 is 1.30 bits per heavy atom. The van der Waals surface area contributed by atoms with Gasteiger partial charge in [-0.2, -0.15) is 5.10 Å². The quantitative estimate of drug-likeness (QED) is 0.873. The number of halogens is 1. The van der Waals surface area contributed by atoms with Crippen LogP contribution in [0.25, 0.3) is 0 Å². The summed E-state index contributed by atoms with van der Waals surface area (Å²) in [5.41, 5.74) is 0.369. The molecule has 0 fully saturated rings. The van der Waals surface area contributed by atoms with Crippen molar-refractivity contribution in [2.45, 2.75) is 26.5 Å². The number of ether oxygens (including phenoxy) is 1. The maximum Gasteiger partial charge on any atom is 0.267 e. The van der Waals surface area contributed by atoms with E-state index >= 15 is 0 Å². The Morgan fingerprint density at radius 2 is 2.00 bits per heavy atom. The number of amides is 1. The summed E-state index contributed by atoms with van der Waals surface area (Å²) in [7, 11) is 0. The van der Waals surface area contributed by atoms with Gasteiger partial charge in [0.2, 0.25) is 5.91 Å². The van der Waals surface area contributed by atoms with E-state index in [1.807, 2.05) is 6.92 Å². The lowest BCUT2D eigenvalue weighted by molar-refractivity contribution is -0.122. The van der Waals surface area contributed by atoms with Gasteiger partial charge in [-0.1, -0.05) is 11.6 Å². The normalized spacial score (nSPS) is 11.8. The van der Waals surface area contributed by atoms with Gasteiger partial charge >= 0.3 is 0 Å². The Bertz CT molecular complexity index is 728. The monoisotopic (exact) mass is 335 g/mol. The summed E-state index contributed by atoms with van der Waals surface area (Å²) in [5.74, 6) is 0.379. The Morgan fingerprint density at radius 3 is 2.70 bits per heavy atom. The van der Waals surface area contributed by atoms with Crippen LogP contribution < -0.4 is 15.6 Å². The number of rotatable bonds is 6. The highest BCUT2D eigenvalue weighted by Crippen LogP contribution is 2.16. The predicted octanol–water partition coefficient (Wildman–Crippen LogP) is 1.79. The van der Waals surface area contributed by atoms with Gasteiger partial charge < -0.3 is 10.1 Å². The molecule has 0 spiro atoms. The molecule has 0 aliphatic carbocycles. The van der Waals surface area contributed by atoms with Crippen molar-refractivity contribution < 1.29 is 9.53 Å². The van der Waals surface area contributed by atoms with Gasteiger partial charge in [-0.3, -0.25) is 9.59 Å². The standard InChI is InChI=1S/C16H18ClN3O3/c1-11-3-8-16(22)20(19-11)10-15(21)18-9-12(2)23-14-6-4-13(17)5-7-14/h3-8,12H,9-10H2,1-2H3,(H,18,21). The van der Waals surface area contributed by atoms with Gasteiger partial charge in [0.1, 0.15) is 18.4 Å². The molecule has 1 atom stereocenters. The number of carbonyl (C=O) groups excluding carboxylic acids is 1. The van der Waals surface area contributed by atoms with Crippen LogP contribution in [0.5, 0.6) is 5.75 Å². The zero-order valence-corrected chi connectivity index (χ0v) is 13.7. The van der Waals surface area contributed by atoms with Crippen molar-refractivity contribution in [3.63, 3.8) is 0 Å². The summed E-state index contributed by atoms with van der Waals surface area (Å²) in [5, 5.41) is 7.37. The second-order valence-corrected chi connectivity index (χ2v) is 5.59. The number of carbonyl (C=O) groups is 1. The van der Waals surface area contributed by atoms with Gasteiger partial charge in [0.15, 0.2) is 0 Å². The Labute approximate surface area is 139 Å². The van der Waals surface area contributed by atoms with E-state index in [2.05, 4.69) is 10.4 Å². The van der Waals surface area contributed by atoms with Crippen molar-refractivity contribution in [1.82, 2.24) is 15.1 Å². The van der Waals surface area contributed by atoms with Crippen LogP contribution in [0.1, 0.15) is 12.6 Å². The van der Waals surface area contributed by atoms with Crippen LogP contribution in [-0.2, 0) is 11.3 Å². The van der Waals surface area contributed by atoms with Crippen molar-refractivity contribution in [1.29, 1.82) is 0 Å². The molecule has 0 bridgehead atoms. The Balaban J connectivity index is 1.82. The largest absolute Gasteiger partial charge is 0.489 e. The summed E-state index contributed by atoms with van der Waals surface area (Å²) < 4.78 is 6.79. The van der Waals surface area contributed by atoms with E-state index in [0.717, 1.165) is 4.68 Å². The smallest absolute Gasteiger partial charge is 0.267 e. The SMILES string of the molecule is Cc1ccc(=O)n(CC(=O)NCC(C)Oc2ccc(Cl)cc2)n1. The zero-order chi connectivity index (χ0) is 16.8. The first-order chi connectivity index (χ1) is 10.9. The van der Waals surface area contributed by atoms with Crippen molar-refractivity contribution in [3.8, 4) is 5.75 Å². The number of aromatic nitrogens is 2. The lowest BCUT2D eigenvalue weighted by Crippen LogP contribution is -2.38. The first-order valence-corrected chi connectivity index (χ1v) is 7.55. The number of benzene rings is 1. The number of hydrogen-bond donors (Lipinski definition) is 1. The van der Waals surface area contributed by atoms with Crippen LogP contribution in [0.3, 0.4) is 0 Å². The van der Waals surface area contributed by atoms with E-state index in [1.165, 1.54) is 6.07 Å². The van der Waals surface area contributed by atoms with E-state index in [9.17, 15) is 9.59 Å². The molecule has 0 aliphatic heterocycles. The third-order valence-corrected chi connectivity index (χ3v) is 3.28. The Kier molecular flexibility index (Phi) is 5.76. The van der Waals surface area contributed by atoms with Crippen LogP contribution in [0.15, 0.2) is 41.2 Å². The molecule has 0 saturated heterocycles. The summed E-state index contributed by atoms with van der Waals surface area (Å²) in [6, 6.07) is 9.99. The zero-order valence-electron chi connectivity index (χ0n) is 13.0. The fourth-order valence-electron chi connectivity index (χ4n) is 1.90. The molecule has 1 aromatic heterocycles. The third kappa shape index (κ3) is 5.41. The van der Waals surface area contributed by atoms with E-state index in [0.29, 0.717) is 23.0 Å². The van der Waals surface area contributed by atoms with Crippen molar-refractivity contribution in [3.05, 3.63) is 57.5 Å². The lowest BCUT2D eigenvalue weighted by Gasteiger charge is -2.15. The van der Waals surface area contributed by atoms with Crippen LogP contribution >= 0.6 is 11.6 Å². The fraction of sp³-hybridized carbons (Fsp3) is 0.312. The van der Waals surface area contributed by atoms with Crippen molar-refractivity contribution in [2.75, 3.05) is 6.54 Å². The minimum absolute atomic E-state index is 0.117. The summed E-state index contributed by atoms with van der Waals surface area (Å²) >= 11 is 5.81. The van der Waals surface area contributed by atoms with Gasteiger partial charge in [0, 0.05) is 11.1 Å². The molecule has 2 rings (SSSR count). The maximum absolute atomic E-state index is 11.9. The highest BCUT2D eigenvalue weighted by Gasteiger charge is 2.09. The molecule has 2 aromatic rings. The molecule has 1 amide bonds.